The number of anilines is 1. The number of carboxylic acid groups (broad SMARTS) is 1. The lowest BCUT2D eigenvalue weighted by molar-refractivity contribution is 0.0696. The number of carboxylic acids is 1. The van der Waals surface area contributed by atoms with E-state index in [4.69, 9.17) is 14.3 Å². The molecule has 0 unspecified atom stereocenters. The van der Waals surface area contributed by atoms with Gasteiger partial charge in [0.15, 0.2) is 5.76 Å². The number of carbonyl (C=O) groups is 2. The number of aryl methyl sites for hydroxylation is 1. The Bertz CT molecular complexity index is 674. The number of rotatable bonds is 5. The third-order valence-electron chi connectivity index (χ3n) is 2.93. The summed E-state index contributed by atoms with van der Waals surface area (Å²) in [6, 6.07) is 7.52. The molecular weight excluding hydrogens is 274 g/mol. The smallest absolute Gasteiger partial charge is 0.335 e. The number of benzene rings is 1. The summed E-state index contributed by atoms with van der Waals surface area (Å²) in [5, 5.41) is 11.6. The maximum atomic E-state index is 12.1. The van der Waals surface area contributed by atoms with Gasteiger partial charge in [0, 0.05) is 6.42 Å². The minimum Gasteiger partial charge on any atom is -0.495 e. The van der Waals surface area contributed by atoms with Crippen molar-refractivity contribution in [1.29, 1.82) is 0 Å². The molecule has 0 aliphatic heterocycles. The second-order valence-electron chi connectivity index (χ2n) is 4.29. The van der Waals surface area contributed by atoms with E-state index in [-0.39, 0.29) is 17.0 Å². The van der Waals surface area contributed by atoms with Gasteiger partial charge < -0.3 is 19.6 Å². The molecule has 2 N–H and O–H groups in total. The van der Waals surface area contributed by atoms with E-state index in [0.717, 1.165) is 0 Å². The van der Waals surface area contributed by atoms with Crippen molar-refractivity contribution in [2.45, 2.75) is 13.3 Å². The van der Waals surface area contributed by atoms with Crippen molar-refractivity contribution in [1.82, 2.24) is 0 Å². The molecule has 0 atom stereocenters. The monoisotopic (exact) mass is 289 g/mol. The first-order valence-corrected chi connectivity index (χ1v) is 6.36. The standard InChI is InChI=1S/C15H15NO5/c1-3-10-5-7-13(21-10)14(17)16-11-8-9(15(18)19)4-6-12(11)20-2/h4-8H,3H2,1-2H3,(H,16,17)(H,18,19). The van der Waals surface area contributed by atoms with Crippen LogP contribution in [-0.4, -0.2) is 24.1 Å². The summed E-state index contributed by atoms with van der Waals surface area (Å²) in [4.78, 5) is 23.1. The first-order chi connectivity index (χ1) is 10.0. The van der Waals surface area contributed by atoms with Crippen LogP contribution in [-0.2, 0) is 6.42 Å². The van der Waals surface area contributed by atoms with Gasteiger partial charge in [0.1, 0.15) is 11.5 Å². The SMILES string of the molecule is CCc1ccc(C(=O)Nc2cc(C(=O)O)ccc2OC)o1. The molecule has 0 bridgehead atoms. The maximum Gasteiger partial charge on any atom is 0.335 e. The zero-order valence-corrected chi connectivity index (χ0v) is 11.7. The Balaban J connectivity index is 2.26. The van der Waals surface area contributed by atoms with Crippen molar-refractivity contribution < 1.29 is 23.8 Å². The van der Waals surface area contributed by atoms with E-state index in [9.17, 15) is 9.59 Å². The molecule has 1 aromatic carbocycles. The molecule has 0 aliphatic rings. The Hall–Kier alpha value is -2.76. The summed E-state index contributed by atoms with van der Waals surface area (Å²) in [7, 11) is 1.44. The number of hydrogen-bond acceptors (Lipinski definition) is 4. The number of carbonyl (C=O) groups excluding carboxylic acids is 1. The number of hydrogen-bond donors (Lipinski definition) is 2. The highest BCUT2D eigenvalue weighted by Gasteiger charge is 2.15. The van der Waals surface area contributed by atoms with E-state index in [1.807, 2.05) is 6.92 Å². The largest absolute Gasteiger partial charge is 0.495 e. The Morgan fingerprint density at radius 1 is 1.29 bits per heavy atom. The Kier molecular flexibility index (Phi) is 4.27. The van der Waals surface area contributed by atoms with Crippen LogP contribution < -0.4 is 10.1 Å². The molecular formula is C15H15NO5. The summed E-state index contributed by atoms with van der Waals surface area (Å²) in [5.74, 6) is -0.313. The summed E-state index contributed by atoms with van der Waals surface area (Å²) in [5.41, 5.74) is 0.330. The third kappa shape index (κ3) is 3.22. The second kappa shape index (κ2) is 6.13. The van der Waals surface area contributed by atoms with Crippen molar-refractivity contribution in [3.05, 3.63) is 47.4 Å². The predicted molar refractivity (Wildman–Crippen MR) is 76.0 cm³/mol. The Labute approximate surface area is 121 Å². The van der Waals surface area contributed by atoms with Gasteiger partial charge >= 0.3 is 5.97 Å². The fourth-order valence-electron chi connectivity index (χ4n) is 1.81. The molecule has 0 fully saturated rings. The number of aromatic carboxylic acids is 1. The zero-order valence-electron chi connectivity index (χ0n) is 11.7. The van der Waals surface area contributed by atoms with Gasteiger partial charge in [-0.25, -0.2) is 4.79 Å². The molecule has 0 saturated carbocycles. The molecule has 0 radical (unpaired) electrons. The van der Waals surface area contributed by atoms with Crippen LogP contribution in [0.2, 0.25) is 0 Å². The summed E-state index contributed by atoms with van der Waals surface area (Å²) >= 11 is 0. The molecule has 6 nitrogen and oxygen atoms in total. The quantitative estimate of drug-likeness (QED) is 0.883. The topological polar surface area (TPSA) is 88.8 Å². The van der Waals surface area contributed by atoms with Crippen LogP contribution in [0.3, 0.4) is 0 Å². The van der Waals surface area contributed by atoms with Crippen LogP contribution in [0.5, 0.6) is 5.75 Å². The first-order valence-electron chi connectivity index (χ1n) is 6.36. The van der Waals surface area contributed by atoms with Gasteiger partial charge in [0.05, 0.1) is 18.4 Å². The van der Waals surface area contributed by atoms with Crippen LogP contribution in [0.4, 0.5) is 5.69 Å². The molecule has 1 aromatic heterocycles. The van der Waals surface area contributed by atoms with Crippen LogP contribution >= 0.6 is 0 Å². The highest BCUT2D eigenvalue weighted by molar-refractivity contribution is 6.04. The van der Waals surface area contributed by atoms with Crippen molar-refractivity contribution >= 4 is 17.6 Å². The molecule has 2 rings (SSSR count). The predicted octanol–water partition coefficient (Wildman–Crippen LogP) is 2.80. The Morgan fingerprint density at radius 2 is 2.05 bits per heavy atom. The van der Waals surface area contributed by atoms with Crippen molar-refractivity contribution in [2.75, 3.05) is 12.4 Å². The van der Waals surface area contributed by atoms with Crippen LogP contribution in [0.25, 0.3) is 0 Å². The van der Waals surface area contributed by atoms with E-state index >= 15 is 0 Å². The molecule has 0 aliphatic carbocycles. The molecule has 6 heteroatoms. The Morgan fingerprint density at radius 3 is 2.62 bits per heavy atom. The number of methoxy groups -OCH3 is 1. The fraction of sp³-hybridized carbons (Fsp3) is 0.200. The van der Waals surface area contributed by atoms with Gasteiger partial charge in [-0.3, -0.25) is 4.79 Å². The second-order valence-corrected chi connectivity index (χ2v) is 4.29. The van der Waals surface area contributed by atoms with Gasteiger partial charge in [-0.1, -0.05) is 6.92 Å². The van der Waals surface area contributed by atoms with Crippen LogP contribution in [0, 0.1) is 0 Å². The molecule has 2 aromatic rings. The molecule has 110 valence electrons. The molecule has 1 heterocycles. The molecule has 1 amide bonds. The fourth-order valence-corrected chi connectivity index (χ4v) is 1.81. The lowest BCUT2D eigenvalue weighted by Crippen LogP contribution is -2.12. The van der Waals surface area contributed by atoms with Crippen molar-refractivity contribution in [2.24, 2.45) is 0 Å². The van der Waals surface area contributed by atoms with E-state index < -0.39 is 11.9 Å². The minimum atomic E-state index is -1.08. The van der Waals surface area contributed by atoms with E-state index in [1.165, 1.54) is 25.3 Å². The molecule has 0 saturated heterocycles. The molecule has 21 heavy (non-hydrogen) atoms. The highest BCUT2D eigenvalue weighted by atomic mass is 16.5. The minimum absolute atomic E-state index is 0.0554. The normalized spacial score (nSPS) is 10.2. The first kappa shape index (κ1) is 14.6. The zero-order chi connectivity index (χ0) is 15.4. The highest BCUT2D eigenvalue weighted by Crippen LogP contribution is 2.26. The number of furan rings is 1. The van der Waals surface area contributed by atoms with Gasteiger partial charge in [0.25, 0.3) is 5.91 Å². The lowest BCUT2D eigenvalue weighted by Gasteiger charge is -2.10. The van der Waals surface area contributed by atoms with Gasteiger partial charge in [-0.2, -0.15) is 0 Å². The average Bonchev–Trinajstić information content (AvgIpc) is 2.96. The average molecular weight is 289 g/mol. The van der Waals surface area contributed by atoms with Crippen LogP contribution in [0.15, 0.2) is 34.7 Å². The van der Waals surface area contributed by atoms with Crippen molar-refractivity contribution in [3.63, 3.8) is 0 Å². The van der Waals surface area contributed by atoms with Gasteiger partial charge in [0.2, 0.25) is 0 Å². The summed E-state index contributed by atoms with van der Waals surface area (Å²) in [6.07, 6.45) is 0.686. The lowest BCUT2D eigenvalue weighted by atomic mass is 10.2. The van der Waals surface area contributed by atoms with Gasteiger partial charge in [-0.05, 0) is 30.3 Å². The van der Waals surface area contributed by atoms with Gasteiger partial charge in [-0.15, -0.1) is 0 Å². The number of ether oxygens (including phenoxy) is 1. The molecule has 0 spiro atoms. The summed E-state index contributed by atoms with van der Waals surface area (Å²) < 4.78 is 10.5. The number of amides is 1. The van der Waals surface area contributed by atoms with E-state index in [0.29, 0.717) is 17.9 Å². The summed E-state index contributed by atoms with van der Waals surface area (Å²) in [6.45, 7) is 1.92. The third-order valence-corrected chi connectivity index (χ3v) is 2.93. The van der Waals surface area contributed by atoms with Crippen molar-refractivity contribution in [3.8, 4) is 5.75 Å². The maximum absolute atomic E-state index is 12.1. The van der Waals surface area contributed by atoms with E-state index in [1.54, 1.807) is 12.1 Å². The van der Waals surface area contributed by atoms with Crippen LogP contribution in [0.1, 0.15) is 33.6 Å². The van der Waals surface area contributed by atoms with E-state index in [2.05, 4.69) is 5.32 Å². The number of nitrogens with one attached hydrogen (secondary N) is 1.